The molecule has 0 radical (unpaired) electrons. The molecule has 1 N–H and O–H groups in total. The molecule has 21 heavy (non-hydrogen) atoms. The van der Waals surface area contributed by atoms with E-state index in [9.17, 15) is 10.1 Å². The zero-order valence-electron chi connectivity index (χ0n) is 12.2. The van der Waals surface area contributed by atoms with Gasteiger partial charge in [-0.2, -0.15) is 5.10 Å². The summed E-state index contributed by atoms with van der Waals surface area (Å²) in [6, 6.07) is 4.62. The zero-order chi connectivity index (χ0) is 15.4. The van der Waals surface area contributed by atoms with Crippen molar-refractivity contribution in [3.8, 4) is 5.75 Å². The van der Waals surface area contributed by atoms with Crippen LogP contribution >= 0.6 is 0 Å². The third-order valence-electron chi connectivity index (χ3n) is 2.72. The predicted molar refractivity (Wildman–Crippen MR) is 80.0 cm³/mol. The number of nitrogens with zero attached hydrogens (tertiary/aromatic N) is 3. The van der Waals surface area contributed by atoms with Crippen LogP contribution in [0, 0.1) is 10.1 Å². The van der Waals surface area contributed by atoms with Crippen molar-refractivity contribution in [3.63, 3.8) is 0 Å². The zero-order valence-corrected chi connectivity index (χ0v) is 12.2. The van der Waals surface area contributed by atoms with Gasteiger partial charge >= 0.3 is 0 Å². The van der Waals surface area contributed by atoms with Gasteiger partial charge in [0, 0.05) is 30.6 Å². The Hall–Kier alpha value is -2.57. The number of anilines is 2. The quantitative estimate of drug-likeness (QED) is 0.651. The molecule has 0 aliphatic rings. The molecule has 0 aliphatic heterocycles. The summed E-state index contributed by atoms with van der Waals surface area (Å²) in [5, 5.41) is 18.2. The van der Waals surface area contributed by atoms with Crippen LogP contribution in [0.15, 0.2) is 30.6 Å². The maximum atomic E-state index is 11.0. The molecule has 1 heterocycles. The van der Waals surface area contributed by atoms with Crippen molar-refractivity contribution >= 4 is 17.1 Å². The monoisotopic (exact) mass is 290 g/mol. The Balaban J connectivity index is 2.28. The Kier molecular flexibility index (Phi) is 4.42. The fourth-order valence-electron chi connectivity index (χ4n) is 1.87. The van der Waals surface area contributed by atoms with E-state index in [4.69, 9.17) is 4.74 Å². The minimum Gasteiger partial charge on any atom is -0.491 e. The second-order valence-corrected chi connectivity index (χ2v) is 4.85. The van der Waals surface area contributed by atoms with E-state index >= 15 is 0 Å². The van der Waals surface area contributed by atoms with Crippen LogP contribution in [-0.2, 0) is 6.54 Å². The predicted octanol–water partition coefficient (Wildman–Crippen LogP) is 3.34. The van der Waals surface area contributed by atoms with Crippen molar-refractivity contribution in [2.75, 3.05) is 5.32 Å². The summed E-state index contributed by atoms with van der Waals surface area (Å²) < 4.78 is 7.31. The van der Waals surface area contributed by atoms with Gasteiger partial charge in [0.15, 0.2) is 0 Å². The highest BCUT2D eigenvalue weighted by Gasteiger charge is 2.12. The lowest BCUT2D eigenvalue weighted by atomic mass is 10.2. The van der Waals surface area contributed by atoms with Gasteiger partial charge in [-0.05, 0) is 20.8 Å². The molecule has 0 saturated carbocycles. The van der Waals surface area contributed by atoms with Crippen molar-refractivity contribution in [1.82, 2.24) is 9.78 Å². The molecule has 0 amide bonds. The average Bonchev–Trinajstić information content (AvgIpc) is 2.85. The first-order valence-corrected chi connectivity index (χ1v) is 6.73. The molecule has 0 atom stereocenters. The molecule has 1 aromatic carbocycles. The third-order valence-corrected chi connectivity index (χ3v) is 2.72. The van der Waals surface area contributed by atoms with Crippen LogP contribution in [-0.4, -0.2) is 20.8 Å². The Morgan fingerprint density at radius 3 is 2.71 bits per heavy atom. The summed E-state index contributed by atoms with van der Waals surface area (Å²) in [6.07, 6.45) is 3.45. The third kappa shape index (κ3) is 3.95. The Bertz CT molecular complexity index is 637. The lowest BCUT2D eigenvalue weighted by Gasteiger charge is -2.11. The minimum atomic E-state index is -0.437. The van der Waals surface area contributed by atoms with Crippen LogP contribution in [0.3, 0.4) is 0 Å². The number of nitro benzene ring substituents is 1. The van der Waals surface area contributed by atoms with E-state index in [1.165, 1.54) is 12.1 Å². The number of nitrogens with one attached hydrogen (secondary N) is 1. The number of ether oxygens (including phenoxy) is 1. The first-order chi connectivity index (χ1) is 9.97. The summed E-state index contributed by atoms with van der Waals surface area (Å²) in [6.45, 7) is 6.49. The number of non-ortho nitro benzene ring substituents is 1. The normalized spacial score (nSPS) is 10.7. The van der Waals surface area contributed by atoms with E-state index in [2.05, 4.69) is 10.4 Å². The standard InChI is InChI=1S/C14H18N4O3/c1-4-17-9-12(8-15-17)16-11-5-13(18(19)20)7-14(6-11)21-10(2)3/h5-10,16H,4H2,1-3H3. The Labute approximate surface area is 122 Å². The molecule has 0 spiro atoms. The number of hydrogen-bond donors (Lipinski definition) is 1. The molecule has 2 aromatic rings. The molecule has 0 fully saturated rings. The van der Waals surface area contributed by atoms with Gasteiger partial charge in [-0.3, -0.25) is 14.8 Å². The fourth-order valence-corrected chi connectivity index (χ4v) is 1.87. The summed E-state index contributed by atoms with van der Waals surface area (Å²) in [5.74, 6) is 0.463. The number of rotatable bonds is 6. The van der Waals surface area contributed by atoms with E-state index in [0.717, 1.165) is 12.2 Å². The molecule has 0 bridgehead atoms. The van der Waals surface area contributed by atoms with Crippen molar-refractivity contribution in [3.05, 3.63) is 40.7 Å². The fraction of sp³-hybridized carbons (Fsp3) is 0.357. The number of aryl methyl sites for hydroxylation is 1. The lowest BCUT2D eigenvalue weighted by Crippen LogP contribution is -2.06. The van der Waals surface area contributed by atoms with Crippen molar-refractivity contribution in [1.29, 1.82) is 0 Å². The molecule has 7 nitrogen and oxygen atoms in total. The number of hydrogen-bond acceptors (Lipinski definition) is 5. The van der Waals surface area contributed by atoms with Crippen LogP contribution in [0.2, 0.25) is 0 Å². The second kappa shape index (κ2) is 6.25. The first kappa shape index (κ1) is 14.8. The van der Waals surface area contributed by atoms with Crippen molar-refractivity contribution < 1.29 is 9.66 Å². The molecule has 2 rings (SSSR count). The van der Waals surface area contributed by atoms with Crippen LogP contribution in [0.4, 0.5) is 17.1 Å². The van der Waals surface area contributed by atoms with Gasteiger partial charge in [0.25, 0.3) is 5.69 Å². The van der Waals surface area contributed by atoms with E-state index in [-0.39, 0.29) is 11.8 Å². The summed E-state index contributed by atoms with van der Waals surface area (Å²) in [7, 11) is 0. The Morgan fingerprint density at radius 2 is 2.14 bits per heavy atom. The molecular weight excluding hydrogens is 272 g/mol. The minimum absolute atomic E-state index is 0.0152. The smallest absolute Gasteiger partial charge is 0.275 e. The second-order valence-electron chi connectivity index (χ2n) is 4.85. The topological polar surface area (TPSA) is 82.2 Å². The van der Waals surface area contributed by atoms with E-state index in [1.807, 2.05) is 27.0 Å². The molecule has 1 aromatic heterocycles. The lowest BCUT2D eigenvalue weighted by molar-refractivity contribution is -0.384. The van der Waals surface area contributed by atoms with Gasteiger partial charge in [0.2, 0.25) is 0 Å². The van der Waals surface area contributed by atoms with E-state index < -0.39 is 4.92 Å². The summed E-state index contributed by atoms with van der Waals surface area (Å²) in [4.78, 5) is 10.6. The van der Waals surface area contributed by atoms with E-state index in [1.54, 1.807) is 16.9 Å². The van der Waals surface area contributed by atoms with E-state index in [0.29, 0.717) is 11.4 Å². The highest BCUT2D eigenvalue weighted by atomic mass is 16.6. The summed E-state index contributed by atoms with van der Waals surface area (Å²) >= 11 is 0. The van der Waals surface area contributed by atoms with Crippen LogP contribution in [0.1, 0.15) is 20.8 Å². The molecule has 7 heteroatoms. The van der Waals surface area contributed by atoms with Gasteiger partial charge < -0.3 is 10.1 Å². The first-order valence-electron chi connectivity index (χ1n) is 6.73. The highest BCUT2D eigenvalue weighted by molar-refractivity contribution is 5.63. The van der Waals surface area contributed by atoms with Gasteiger partial charge in [0.05, 0.1) is 29.0 Å². The molecule has 0 unspecified atom stereocenters. The Morgan fingerprint density at radius 1 is 1.38 bits per heavy atom. The van der Waals surface area contributed by atoms with Crippen molar-refractivity contribution in [2.24, 2.45) is 0 Å². The molecule has 112 valence electrons. The van der Waals surface area contributed by atoms with Crippen LogP contribution in [0.25, 0.3) is 0 Å². The SMILES string of the molecule is CCn1cc(Nc2cc(OC(C)C)cc([N+](=O)[O-])c2)cn1. The van der Waals surface area contributed by atoms with Gasteiger partial charge in [-0.1, -0.05) is 0 Å². The maximum Gasteiger partial charge on any atom is 0.275 e. The molecule has 0 aliphatic carbocycles. The average molecular weight is 290 g/mol. The number of nitro groups is 1. The number of aromatic nitrogens is 2. The molecule has 0 saturated heterocycles. The number of benzene rings is 1. The molecular formula is C14H18N4O3. The van der Waals surface area contributed by atoms with Gasteiger partial charge in [0.1, 0.15) is 5.75 Å². The van der Waals surface area contributed by atoms with Crippen LogP contribution < -0.4 is 10.1 Å². The van der Waals surface area contributed by atoms with Crippen LogP contribution in [0.5, 0.6) is 5.75 Å². The van der Waals surface area contributed by atoms with Gasteiger partial charge in [-0.25, -0.2) is 0 Å². The maximum absolute atomic E-state index is 11.0. The highest BCUT2D eigenvalue weighted by Crippen LogP contribution is 2.28. The van der Waals surface area contributed by atoms with Gasteiger partial charge in [-0.15, -0.1) is 0 Å². The van der Waals surface area contributed by atoms with Crippen molar-refractivity contribution in [2.45, 2.75) is 33.4 Å². The summed E-state index contributed by atoms with van der Waals surface area (Å²) in [5.41, 5.74) is 1.35. The largest absolute Gasteiger partial charge is 0.491 e.